The molecule has 0 aliphatic carbocycles. The van der Waals surface area contributed by atoms with Gasteiger partial charge in [-0.1, -0.05) is 29.8 Å². The lowest BCUT2D eigenvalue weighted by Crippen LogP contribution is -2.46. The highest BCUT2D eigenvalue weighted by Gasteiger charge is 2.15. The number of hydrogen-bond acceptors (Lipinski definition) is 4. The molecular weight excluding hydrogens is 342 g/mol. The lowest BCUT2D eigenvalue weighted by molar-refractivity contribution is -0.120. The lowest BCUT2D eigenvalue weighted by atomic mass is 10.2. The summed E-state index contributed by atoms with van der Waals surface area (Å²) in [4.78, 5) is 26.2. The smallest absolute Gasteiger partial charge is 0.273 e. The number of hydrogen-bond donors (Lipinski definition) is 2. The minimum absolute atomic E-state index is 0.124. The Balaban J connectivity index is 1.94. The van der Waals surface area contributed by atoms with Crippen molar-refractivity contribution in [3.8, 4) is 5.75 Å². The Bertz CT molecular complexity index is 738. The third-order valence-electron chi connectivity index (χ3n) is 3.56. The first-order valence-corrected chi connectivity index (χ1v) is 8.15. The summed E-state index contributed by atoms with van der Waals surface area (Å²) in [5.41, 5.74) is 6.01. The first-order chi connectivity index (χ1) is 12.0. The largest absolute Gasteiger partial charge is 0.496 e. The van der Waals surface area contributed by atoms with Gasteiger partial charge in [0.1, 0.15) is 5.75 Å². The number of para-hydroxylation sites is 1. The van der Waals surface area contributed by atoms with Gasteiger partial charge in [0, 0.05) is 17.3 Å². The van der Waals surface area contributed by atoms with E-state index in [-0.39, 0.29) is 18.0 Å². The molecule has 0 saturated carbocycles. The number of carbonyl (C=O) groups is 2. The number of ether oxygens (including phenoxy) is 1. The summed E-state index contributed by atoms with van der Waals surface area (Å²) in [7, 11) is 1.44. The molecule has 0 heterocycles. The van der Waals surface area contributed by atoms with Crippen LogP contribution in [0.3, 0.4) is 0 Å². The minimum atomic E-state index is -0.482. The Morgan fingerprint density at radius 1 is 1.12 bits per heavy atom. The normalized spacial score (nSPS) is 10.0. The average molecular weight is 362 g/mol. The third kappa shape index (κ3) is 5.12. The molecule has 0 radical (unpaired) electrons. The summed E-state index contributed by atoms with van der Waals surface area (Å²) in [6.45, 7) is 2.74. The Kier molecular flexibility index (Phi) is 6.65. The van der Waals surface area contributed by atoms with E-state index < -0.39 is 5.91 Å². The minimum Gasteiger partial charge on any atom is -0.496 e. The number of nitrogens with zero attached hydrogens (tertiary/aromatic N) is 1. The van der Waals surface area contributed by atoms with Gasteiger partial charge >= 0.3 is 0 Å². The summed E-state index contributed by atoms with van der Waals surface area (Å²) in [5.74, 6) is -0.477. The Hall–Kier alpha value is -2.73. The second-order valence-electron chi connectivity index (χ2n) is 5.20. The van der Waals surface area contributed by atoms with Crippen LogP contribution in [0.4, 0.5) is 5.69 Å². The van der Waals surface area contributed by atoms with E-state index >= 15 is 0 Å². The molecule has 0 fully saturated rings. The van der Waals surface area contributed by atoms with Crippen LogP contribution < -0.4 is 20.5 Å². The van der Waals surface area contributed by atoms with Gasteiger partial charge < -0.3 is 9.64 Å². The maximum absolute atomic E-state index is 12.2. The molecule has 2 aromatic rings. The van der Waals surface area contributed by atoms with Crippen LogP contribution in [0.25, 0.3) is 0 Å². The number of anilines is 1. The van der Waals surface area contributed by atoms with Crippen LogP contribution in [-0.4, -0.2) is 32.0 Å². The standard InChI is InChI=1S/C18H20ClN3O3/c1-3-22(14-7-5-4-6-8-14)12-17(23)20-21-18(24)15-10-9-13(19)11-16(15)25-2/h4-11H,3,12H2,1-2H3,(H,20,23)(H,21,24). The van der Waals surface area contributed by atoms with Gasteiger partial charge in [0.25, 0.3) is 11.8 Å². The highest BCUT2D eigenvalue weighted by Crippen LogP contribution is 2.22. The van der Waals surface area contributed by atoms with Gasteiger partial charge in [0.15, 0.2) is 0 Å². The van der Waals surface area contributed by atoms with Crippen LogP contribution in [0.15, 0.2) is 48.5 Å². The van der Waals surface area contributed by atoms with Crippen molar-refractivity contribution >= 4 is 29.1 Å². The summed E-state index contributed by atoms with van der Waals surface area (Å²) in [6.07, 6.45) is 0. The number of amides is 2. The van der Waals surface area contributed by atoms with Crippen molar-refractivity contribution < 1.29 is 14.3 Å². The quantitative estimate of drug-likeness (QED) is 0.776. The summed E-state index contributed by atoms with van der Waals surface area (Å²) in [6, 6.07) is 14.2. The molecule has 2 N–H and O–H groups in total. The number of rotatable bonds is 6. The van der Waals surface area contributed by atoms with Crippen molar-refractivity contribution in [2.24, 2.45) is 0 Å². The van der Waals surface area contributed by atoms with E-state index in [1.54, 1.807) is 6.07 Å². The molecule has 7 heteroatoms. The summed E-state index contributed by atoms with van der Waals surface area (Å²) in [5, 5.41) is 0.457. The fourth-order valence-corrected chi connectivity index (χ4v) is 2.45. The monoisotopic (exact) mass is 361 g/mol. The number of hydrazine groups is 1. The van der Waals surface area contributed by atoms with Crippen LogP contribution in [0.1, 0.15) is 17.3 Å². The van der Waals surface area contributed by atoms with Crippen molar-refractivity contribution in [3.05, 3.63) is 59.1 Å². The molecular formula is C18H20ClN3O3. The number of benzene rings is 2. The Labute approximate surface area is 151 Å². The molecule has 2 aromatic carbocycles. The highest BCUT2D eigenvalue weighted by atomic mass is 35.5. The van der Waals surface area contributed by atoms with Crippen molar-refractivity contribution in [2.75, 3.05) is 25.1 Å². The zero-order chi connectivity index (χ0) is 18.2. The predicted octanol–water partition coefficient (Wildman–Crippen LogP) is 2.64. The number of methoxy groups -OCH3 is 1. The summed E-state index contributed by atoms with van der Waals surface area (Å²) >= 11 is 5.87. The van der Waals surface area contributed by atoms with Gasteiger partial charge in [-0.25, -0.2) is 0 Å². The van der Waals surface area contributed by atoms with E-state index in [0.29, 0.717) is 17.3 Å². The first-order valence-electron chi connectivity index (χ1n) is 7.78. The van der Waals surface area contributed by atoms with Gasteiger partial charge in [0.2, 0.25) is 0 Å². The lowest BCUT2D eigenvalue weighted by Gasteiger charge is -2.22. The zero-order valence-corrected chi connectivity index (χ0v) is 14.8. The van der Waals surface area contributed by atoms with E-state index in [0.717, 1.165) is 5.69 Å². The second-order valence-corrected chi connectivity index (χ2v) is 5.63. The fraction of sp³-hybridized carbons (Fsp3) is 0.222. The van der Waals surface area contributed by atoms with Crippen LogP contribution in [-0.2, 0) is 4.79 Å². The SMILES string of the molecule is CCN(CC(=O)NNC(=O)c1ccc(Cl)cc1OC)c1ccccc1. The number of nitrogens with one attached hydrogen (secondary N) is 2. The van der Waals surface area contributed by atoms with Gasteiger partial charge in [-0.05, 0) is 37.3 Å². The number of carbonyl (C=O) groups excluding carboxylic acids is 2. The van der Waals surface area contributed by atoms with Crippen molar-refractivity contribution in [3.63, 3.8) is 0 Å². The molecule has 0 aliphatic rings. The van der Waals surface area contributed by atoms with Crippen molar-refractivity contribution in [1.29, 1.82) is 0 Å². The molecule has 2 amide bonds. The van der Waals surface area contributed by atoms with Crippen LogP contribution in [0.5, 0.6) is 5.75 Å². The second kappa shape index (κ2) is 8.94. The molecule has 0 unspecified atom stereocenters. The molecule has 0 aromatic heterocycles. The number of halogens is 1. The molecule has 0 aliphatic heterocycles. The summed E-state index contributed by atoms with van der Waals surface area (Å²) < 4.78 is 5.13. The molecule has 0 bridgehead atoms. The van der Waals surface area contributed by atoms with E-state index in [2.05, 4.69) is 10.9 Å². The predicted molar refractivity (Wildman–Crippen MR) is 97.9 cm³/mol. The molecule has 6 nitrogen and oxygen atoms in total. The average Bonchev–Trinajstić information content (AvgIpc) is 2.64. The Morgan fingerprint density at radius 3 is 2.48 bits per heavy atom. The van der Waals surface area contributed by atoms with E-state index in [1.807, 2.05) is 42.2 Å². The van der Waals surface area contributed by atoms with E-state index in [1.165, 1.54) is 19.2 Å². The number of likely N-dealkylation sites (N-methyl/N-ethyl adjacent to an activating group) is 1. The first kappa shape index (κ1) is 18.6. The fourth-order valence-electron chi connectivity index (χ4n) is 2.28. The molecule has 0 atom stereocenters. The molecule has 0 saturated heterocycles. The van der Waals surface area contributed by atoms with Crippen molar-refractivity contribution in [1.82, 2.24) is 10.9 Å². The molecule has 132 valence electrons. The maximum Gasteiger partial charge on any atom is 0.273 e. The van der Waals surface area contributed by atoms with Gasteiger partial charge in [-0.15, -0.1) is 0 Å². The molecule has 2 rings (SSSR count). The molecule has 25 heavy (non-hydrogen) atoms. The van der Waals surface area contributed by atoms with Crippen LogP contribution in [0, 0.1) is 0 Å². The van der Waals surface area contributed by atoms with E-state index in [9.17, 15) is 9.59 Å². The maximum atomic E-state index is 12.2. The van der Waals surface area contributed by atoms with E-state index in [4.69, 9.17) is 16.3 Å². The van der Waals surface area contributed by atoms with Gasteiger partial charge in [0.05, 0.1) is 19.2 Å². The zero-order valence-electron chi connectivity index (χ0n) is 14.1. The van der Waals surface area contributed by atoms with Crippen molar-refractivity contribution in [2.45, 2.75) is 6.92 Å². The van der Waals surface area contributed by atoms with Gasteiger partial charge in [-0.2, -0.15) is 0 Å². The molecule has 0 spiro atoms. The van der Waals surface area contributed by atoms with Gasteiger partial charge in [-0.3, -0.25) is 20.4 Å². The highest BCUT2D eigenvalue weighted by molar-refractivity contribution is 6.30. The topological polar surface area (TPSA) is 70.7 Å². The van der Waals surface area contributed by atoms with Crippen LogP contribution >= 0.6 is 11.6 Å². The third-order valence-corrected chi connectivity index (χ3v) is 3.80. The van der Waals surface area contributed by atoms with Crippen LogP contribution in [0.2, 0.25) is 5.02 Å². The Morgan fingerprint density at radius 2 is 1.84 bits per heavy atom.